The standard InChI is InChI=1S/C17H18O3/c1-17(2,16(18)19)14-10-6-7-11-15(14)20-12-13-8-4-3-5-9-13/h3-11H,12H2,1-2H3,(H,18,19). The van der Waals surface area contributed by atoms with E-state index >= 15 is 0 Å². The zero-order valence-corrected chi connectivity index (χ0v) is 11.7. The summed E-state index contributed by atoms with van der Waals surface area (Å²) in [5, 5.41) is 9.35. The SMILES string of the molecule is CC(C)(C(=O)O)c1ccccc1OCc1ccccc1. The van der Waals surface area contributed by atoms with Gasteiger partial charge in [0, 0.05) is 5.56 Å². The molecule has 2 rings (SSSR count). The summed E-state index contributed by atoms with van der Waals surface area (Å²) in [6.07, 6.45) is 0. The lowest BCUT2D eigenvalue weighted by molar-refractivity contribution is -0.142. The van der Waals surface area contributed by atoms with E-state index in [1.54, 1.807) is 19.9 Å². The molecule has 0 bridgehead atoms. The molecule has 0 amide bonds. The molecule has 0 aliphatic rings. The first kappa shape index (κ1) is 14.1. The van der Waals surface area contributed by atoms with Crippen molar-refractivity contribution in [2.24, 2.45) is 0 Å². The Morgan fingerprint density at radius 3 is 2.30 bits per heavy atom. The van der Waals surface area contributed by atoms with Crippen LogP contribution in [0.4, 0.5) is 0 Å². The molecule has 0 aliphatic heterocycles. The summed E-state index contributed by atoms with van der Waals surface area (Å²) < 4.78 is 5.80. The van der Waals surface area contributed by atoms with Gasteiger partial charge in [0.25, 0.3) is 0 Å². The third-order valence-electron chi connectivity index (χ3n) is 3.33. The molecule has 2 aromatic rings. The summed E-state index contributed by atoms with van der Waals surface area (Å²) in [6, 6.07) is 17.1. The van der Waals surface area contributed by atoms with Crippen LogP contribution in [0.3, 0.4) is 0 Å². The molecule has 0 saturated heterocycles. The third-order valence-corrected chi connectivity index (χ3v) is 3.33. The predicted molar refractivity (Wildman–Crippen MR) is 77.9 cm³/mol. The molecule has 20 heavy (non-hydrogen) atoms. The van der Waals surface area contributed by atoms with Crippen LogP contribution in [0, 0.1) is 0 Å². The van der Waals surface area contributed by atoms with Crippen molar-refractivity contribution in [3.05, 3.63) is 65.7 Å². The molecule has 0 fully saturated rings. The summed E-state index contributed by atoms with van der Waals surface area (Å²) in [4.78, 5) is 11.4. The lowest BCUT2D eigenvalue weighted by Crippen LogP contribution is -2.29. The van der Waals surface area contributed by atoms with Crippen LogP contribution in [-0.2, 0) is 16.8 Å². The van der Waals surface area contributed by atoms with Crippen molar-refractivity contribution in [1.82, 2.24) is 0 Å². The number of benzene rings is 2. The fourth-order valence-electron chi connectivity index (χ4n) is 1.96. The van der Waals surface area contributed by atoms with Crippen molar-refractivity contribution in [2.75, 3.05) is 0 Å². The van der Waals surface area contributed by atoms with Crippen LogP contribution in [0.1, 0.15) is 25.0 Å². The van der Waals surface area contributed by atoms with E-state index < -0.39 is 11.4 Å². The van der Waals surface area contributed by atoms with Gasteiger partial charge in [-0.3, -0.25) is 4.79 Å². The van der Waals surface area contributed by atoms with Gasteiger partial charge < -0.3 is 9.84 Å². The zero-order chi connectivity index (χ0) is 14.6. The fraction of sp³-hybridized carbons (Fsp3) is 0.235. The van der Waals surface area contributed by atoms with Crippen molar-refractivity contribution in [2.45, 2.75) is 25.9 Å². The average molecular weight is 270 g/mol. The summed E-state index contributed by atoms with van der Waals surface area (Å²) >= 11 is 0. The first-order valence-electron chi connectivity index (χ1n) is 6.51. The summed E-state index contributed by atoms with van der Waals surface area (Å²) in [6.45, 7) is 3.79. The fourth-order valence-corrected chi connectivity index (χ4v) is 1.96. The van der Waals surface area contributed by atoms with Gasteiger partial charge in [0.05, 0.1) is 5.41 Å². The van der Waals surface area contributed by atoms with Crippen LogP contribution >= 0.6 is 0 Å². The Morgan fingerprint density at radius 1 is 1.05 bits per heavy atom. The Kier molecular flexibility index (Phi) is 4.08. The van der Waals surface area contributed by atoms with Gasteiger partial charge in [-0.05, 0) is 25.5 Å². The van der Waals surface area contributed by atoms with Crippen LogP contribution in [-0.4, -0.2) is 11.1 Å². The Labute approximate surface area is 118 Å². The molecule has 0 saturated carbocycles. The minimum absolute atomic E-state index is 0.424. The molecule has 0 radical (unpaired) electrons. The number of hydrogen-bond acceptors (Lipinski definition) is 2. The van der Waals surface area contributed by atoms with Gasteiger partial charge in [-0.15, -0.1) is 0 Å². The lowest BCUT2D eigenvalue weighted by Gasteiger charge is -2.23. The Bertz CT molecular complexity index is 588. The van der Waals surface area contributed by atoms with E-state index in [9.17, 15) is 9.90 Å². The molecule has 0 aliphatic carbocycles. The molecule has 3 heteroatoms. The number of aliphatic carboxylic acids is 1. The van der Waals surface area contributed by atoms with Gasteiger partial charge in [0.2, 0.25) is 0 Å². The van der Waals surface area contributed by atoms with E-state index in [0.717, 1.165) is 5.56 Å². The summed E-state index contributed by atoms with van der Waals surface area (Å²) in [5.41, 5.74) is 0.756. The Hall–Kier alpha value is -2.29. The summed E-state index contributed by atoms with van der Waals surface area (Å²) in [5.74, 6) is -0.253. The van der Waals surface area contributed by atoms with E-state index in [1.165, 1.54) is 0 Å². The van der Waals surface area contributed by atoms with E-state index in [2.05, 4.69) is 0 Å². The minimum atomic E-state index is -0.979. The monoisotopic (exact) mass is 270 g/mol. The van der Waals surface area contributed by atoms with Crippen molar-refractivity contribution in [3.8, 4) is 5.75 Å². The number of rotatable bonds is 5. The smallest absolute Gasteiger partial charge is 0.313 e. The van der Waals surface area contributed by atoms with Crippen LogP contribution in [0.5, 0.6) is 5.75 Å². The van der Waals surface area contributed by atoms with Gasteiger partial charge in [-0.25, -0.2) is 0 Å². The van der Waals surface area contributed by atoms with Crippen LogP contribution in [0.25, 0.3) is 0 Å². The van der Waals surface area contributed by atoms with Gasteiger partial charge in [0.1, 0.15) is 12.4 Å². The van der Waals surface area contributed by atoms with Crippen LogP contribution < -0.4 is 4.74 Å². The molecule has 0 heterocycles. The van der Waals surface area contributed by atoms with Gasteiger partial charge in [0.15, 0.2) is 0 Å². The number of carbonyl (C=O) groups is 1. The number of para-hydroxylation sites is 1. The van der Waals surface area contributed by atoms with Crippen molar-refractivity contribution in [3.63, 3.8) is 0 Å². The van der Waals surface area contributed by atoms with E-state index in [1.807, 2.05) is 48.5 Å². The highest BCUT2D eigenvalue weighted by Gasteiger charge is 2.32. The third kappa shape index (κ3) is 2.99. The summed E-state index contributed by atoms with van der Waals surface area (Å²) in [7, 11) is 0. The number of hydrogen-bond donors (Lipinski definition) is 1. The quantitative estimate of drug-likeness (QED) is 0.902. The predicted octanol–water partition coefficient (Wildman–Crippen LogP) is 3.63. The Morgan fingerprint density at radius 2 is 1.65 bits per heavy atom. The largest absolute Gasteiger partial charge is 0.489 e. The second kappa shape index (κ2) is 5.78. The maximum absolute atomic E-state index is 11.4. The highest BCUT2D eigenvalue weighted by Crippen LogP contribution is 2.32. The second-order valence-electron chi connectivity index (χ2n) is 5.20. The van der Waals surface area contributed by atoms with Crippen molar-refractivity contribution in [1.29, 1.82) is 0 Å². The molecule has 104 valence electrons. The highest BCUT2D eigenvalue weighted by atomic mass is 16.5. The number of carboxylic acids is 1. The molecule has 3 nitrogen and oxygen atoms in total. The van der Waals surface area contributed by atoms with Gasteiger partial charge in [-0.1, -0.05) is 48.5 Å². The number of ether oxygens (including phenoxy) is 1. The van der Waals surface area contributed by atoms with Gasteiger partial charge in [-0.2, -0.15) is 0 Å². The van der Waals surface area contributed by atoms with Crippen LogP contribution in [0.2, 0.25) is 0 Å². The lowest BCUT2D eigenvalue weighted by atomic mass is 9.84. The van der Waals surface area contributed by atoms with Crippen molar-refractivity contribution >= 4 is 5.97 Å². The molecule has 0 atom stereocenters. The number of carboxylic acid groups (broad SMARTS) is 1. The normalized spacial score (nSPS) is 11.1. The maximum atomic E-state index is 11.4. The van der Waals surface area contributed by atoms with Gasteiger partial charge >= 0.3 is 5.97 Å². The zero-order valence-electron chi connectivity index (χ0n) is 11.7. The topological polar surface area (TPSA) is 46.5 Å². The molecular formula is C17H18O3. The second-order valence-corrected chi connectivity index (χ2v) is 5.20. The first-order chi connectivity index (χ1) is 9.51. The molecule has 1 N–H and O–H groups in total. The maximum Gasteiger partial charge on any atom is 0.313 e. The molecular weight excluding hydrogens is 252 g/mol. The van der Waals surface area contributed by atoms with E-state index in [-0.39, 0.29) is 0 Å². The minimum Gasteiger partial charge on any atom is -0.489 e. The van der Waals surface area contributed by atoms with Crippen molar-refractivity contribution < 1.29 is 14.6 Å². The molecule has 2 aromatic carbocycles. The van der Waals surface area contributed by atoms with E-state index in [0.29, 0.717) is 17.9 Å². The molecule has 0 aromatic heterocycles. The highest BCUT2D eigenvalue weighted by molar-refractivity contribution is 5.81. The molecule has 0 unspecified atom stereocenters. The molecule has 0 spiro atoms. The van der Waals surface area contributed by atoms with Crippen LogP contribution in [0.15, 0.2) is 54.6 Å². The van der Waals surface area contributed by atoms with E-state index in [4.69, 9.17) is 4.74 Å². The average Bonchev–Trinajstić information content (AvgIpc) is 2.46. The first-order valence-corrected chi connectivity index (χ1v) is 6.51. The Balaban J connectivity index is 2.23.